The van der Waals surface area contributed by atoms with Crippen molar-refractivity contribution in [3.05, 3.63) is 23.0 Å². The number of carbonyl (C=O) groups excluding carboxylic acids is 1. The maximum atomic E-state index is 11.6. The lowest BCUT2D eigenvalue weighted by Crippen LogP contribution is -2.04. The fraction of sp³-hybridized carbons (Fsp3) is 0.417. The molecule has 0 saturated carbocycles. The van der Waals surface area contributed by atoms with Crippen LogP contribution in [0.5, 0.6) is 0 Å². The minimum absolute atomic E-state index is 0.256. The molecule has 0 amide bonds. The van der Waals surface area contributed by atoms with Gasteiger partial charge in [-0.05, 0) is 19.4 Å². The molecule has 0 bridgehead atoms. The number of aryl methyl sites for hydroxylation is 1. The van der Waals surface area contributed by atoms with E-state index in [0.717, 1.165) is 22.3 Å². The SMILES string of the molecule is CCCC(=O)Cc1ncnc2sc(C)cc12. The predicted molar refractivity (Wildman–Crippen MR) is 65.8 cm³/mol. The maximum Gasteiger partial charge on any atom is 0.138 e. The summed E-state index contributed by atoms with van der Waals surface area (Å²) in [4.78, 5) is 22.2. The Bertz CT molecular complexity index is 519. The van der Waals surface area contributed by atoms with Crippen molar-refractivity contribution >= 4 is 27.3 Å². The topological polar surface area (TPSA) is 42.9 Å². The number of thiophene rings is 1. The van der Waals surface area contributed by atoms with E-state index in [9.17, 15) is 4.79 Å². The van der Waals surface area contributed by atoms with Gasteiger partial charge >= 0.3 is 0 Å². The van der Waals surface area contributed by atoms with E-state index in [4.69, 9.17) is 0 Å². The van der Waals surface area contributed by atoms with Gasteiger partial charge in [0.15, 0.2) is 0 Å². The van der Waals surface area contributed by atoms with Gasteiger partial charge in [0, 0.05) is 23.1 Å². The number of ketones is 1. The lowest BCUT2D eigenvalue weighted by molar-refractivity contribution is -0.118. The molecule has 2 aromatic heterocycles. The number of Topliss-reactive ketones (excluding diaryl/α,β-unsaturated/α-hetero) is 1. The van der Waals surface area contributed by atoms with Crippen molar-refractivity contribution in [2.45, 2.75) is 33.1 Å². The summed E-state index contributed by atoms with van der Waals surface area (Å²) in [5.41, 5.74) is 0.868. The van der Waals surface area contributed by atoms with E-state index < -0.39 is 0 Å². The lowest BCUT2D eigenvalue weighted by atomic mass is 10.1. The van der Waals surface area contributed by atoms with Crippen LogP contribution in [-0.2, 0) is 11.2 Å². The standard InChI is InChI=1S/C12H14N2OS/c1-3-4-9(15)6-11-10-5-8(2)16-12(10)14-7-13-11/h5,7H,3-4,6H2,1-2H3. The first-order valence-corrected chi connectivity index (χ1v) is 6.24. The summed E-state index contributed by atoms with van der Waals surface area (Å²) in [5.74, 6) is 0.256. The minimum atomic E-state index is 0.256. The van der Waals surface area contributed by atoms with Crippen LogP contribution >= 0.6 is 11.3 Å². The molecule has 0 fully saturated rings. The second kappa shape index (κ2) is 4.70. The van der Waals surface area contributed by atoms with E-state index in [-0.39, 0.29) is 5.78 Å². The van der Waals surface area contributed by atoms with Crippen LogP contribution in [0.1, 0.15) is 30.3 Å². The highest BCUT2D eigenvalue weighted by Crippen LogP contribution is 2.25. The average Bonchev–Trinajstić information content (AvgIpc) is 2.60. The minimum Gasteiger partial charge on any atom is -0.299 e. The van der Waals surface area contributed by atoms with Gasteiger partial charge in [-0.2, -0.15) is 0 Å². The normalized spacial score (nSPS) is 10.9. The van der Waals surface area contributed by atoms with Gasteiger partial charge in [-0.25, -0.2) is 9.97 Å². The molecule has 3 nitrogen and oxygen atoms in total. The van der Waals surface area contributed by atoms with Crippen molar-refractivity contribution in [3.8, 4) is 0 Å². The van der Waals surface area contributed by atoms with E-state index in [0.29, 0.717) is 12.8 Å². The highest BCUT2D eigenvalue weighted by Gasteiger charge is 2.10. The monoisotopic (exact) mass is 234 g/mol. The van der Waals surface area contributed by atoms with Crippen LogP contribution in [-0.4, -0.2) is 15.8 Å². The van der Waals surface area contributed by atoms with Crippen molar-refractivity contribution in [2.24, 2.45) is 0 Å². The van der Waals surface area contributed by atoms with Crippen LogP contribution in [0.4, 0.5) is 0 Å². The van der Waals surface area contributed by atoms with Crippen LogP contribution in [0.25, 0.3) is 10.2 Å². The molecule has 0 N–H and O–H groups in total. The van der Waals surface area contributed by atoms with Crippen LogP contribution in [0.2, 0.25) is 0 Å². The smallest absolute Gasteiger partial charge is 0.138 e. The maximum absolute atomic E-state index is 11.6. The highest BCUT2D eigenvalue weighted by molar-refractivity contribution is 7.18. The molecule has 0 aromatic carbocycles. The molecule has 0 unspecified atom stereocenters. The van der Waals surface area contributed by atoms with Gasteiger partial charge in [-0.1, -0.05) is 6.92 Å². The van der Waals surface area contributed by atoms with Crippen molar-refractivity contribution in [1.82, 2.24) is 9.97 Å². The summed E-state index contributed by atoms with van der Waals surface area (Å²) in [6, 6.07) is 2.06. The first-order valence-electron chi connectivity index (χ1n) is 5.42. The zero-order valence-electron chi connectivity index (χ0n) is 9.49. The van der Waals surface area contributed by atoms with Gasteiger partial charge in [0.25, 0.3) is 0 Å². The Morgan fingerprint density at radius 2 is 2.25 bits per heavy atom. The number of rotatable bonds is 4. The highest BCUT2D eigenvalue weighted by atomic mass is 32.1. The number of hydrogen-bond acceptors (Lipinski definition) is 4. The molecule has 0 aliphatic heterocycles. The summed E-state index contributed by atoms with van der Waals surface area (Å²) in [6.45, 7) is 4.06. The van der Waals surface area contributed by atoms with E-state index in [1.807, 2.05) is 13.8 Å². The van der Waals surface area contributed by atoms with E-state index >= 15 is 0 Å². The molecule has 0 aliphatic rings. The van der Waals surface area contributed by atoms with Crippen molar-refractivity contribution < 1.29 is 4.79 Å². The Balaban J connectivity index is 2.33. The summed E-state index contributed by atoms with van der Waals surface area (Å²) < 4.78 is 0. The van der Waals surface area contributed by atoms with Gasteiger partial charge < -0.3 is 0 Å². The van der Waals surface area contributed by atoms with Crippen molar-refractivity contribution in [2.75, 3.05) is 0 Å². The molecule has 2 rings (SSSR count). The molecular formula is C12H14N2OS. The first-order chi connectivity index (χ1) is 7.70. The predicted octanol–water partition coefficient (Wildman–Crippen LogP) is 2.91. The zero-order valence-corrected chi connectivity index (χ0v) is 10.3. The number of fused-ring (bicyclic) bond motifs is 1. The van der Waals surface area contributed by atoms with Gasteiger partial charge in [-0.15, -0.1) is 11.3 Å². The second-order valence-electron chi connectivity index (χ2n) is 3.86. The third-order valence-electron chi connectivity index (χ3n) is 2.43. The summed E-state index contributed by atoms with van der Waals surface area (Å²) in [5, 5.41) is 1.04. The van der Waals surface area contributed by atoms with Crippen LogP contribution in [0.15, 0.2) is 12.4 Å². The lowest BCUT2D eigenvalue weighted by Gasteiger charge is -2.00. The van der Waals surface area contributed by atoms with Crippen molar-refractivity contribution in [3.63, 3.8) is 0 Å². The van der Waals surface area contributed by atoms with Crippen LogP contribution in [0.3, 0.4) is 0 Å². The number of aromatic nitrogens is 2. The zero-order chi connectivity index (χ0) is 11.5. The Morgan fingerprint density at radius 3 is 3.00 bits per heavy atom. The van der Waals surface area contributed by atoms with Gasteiger partial charge in [0.2, 0.25) is 0 Å². The third-order valence-corrected chi connectivity index (χ3v) is 3.39. The number of nitrogens with zero attached hydrogens (tertiary/aromatic N) is 2. The number of hydrogen-bond donors (Lipinski definition) is 0. The van der Waals surface area contributed by atoms with E-state index in [1.165, 1.54) is 4.88 Å². The molecule has 16 heavy (non-hydrogen) atoms. The van der Waals surface area contributed by atoms with Crippen molar-refractivity contribution in [1.29, 1.82) is 0 Å². The second-order valence-corrected chi connectivity index (χ2v) is 5.10. The largest absolute Gasteiger partial charge is 0.299 e. The molecule has 2 aromatic rings. The molecular weight excluding hydrogens is 220 g/mol. The molecule has 0 radical (unpaired) electrons. The van der Waals surface area contributed by atoms with E-state index in [2.05, 4.69) is 16.0 Å². The fourth-order valence-electron chi connectivity index (χ4n) is 1.72. The quantitative estimate of drug-likeness (QED) is 0.817. The molecule has 84 valence electrons. The molecule has 2 heterocycles. The molecule has 4 heteroatoms. The molecule has 0 saturated heterocycles. The summed E-state index contributed by atoms with van der Waals surface area (Å²) in [6.07, 6.45) is 3.51. The Kier molecular flexibility index (Phi) is 3.29. The van der Waals surface area contributed by atoms with Gasteiger partial charge in [0.1, 0.15) is 16.9 Å². The number of carbonyl (C=O) groups is 1. The average molecular weight is 234 g/mol. The first kappa shape index (κ1) is 11.2. The Labute approximate surface area is 98.5 Å². The van der Waals surface area contributed by atoms with E-state index in [1.54, 1.807) is 17.7 Å². The Morgan fingerprint density at radius 1 is 1.44 bits per heavy atom. The van der Waals surface area contributed by atoms with Crippen LogP contribution in [0, 0.1) is 6.92 Å². The Hall–Kier alpha value is -1.29. The van der Waals surface area contributed by atoms with Gasteiger partial charge in [0.05, 0.1) is 5.69 Å². The fourth-order valence-corrected chi connectivity index (χ4v) is 2.59. The summed E-state index contributed by atoms with van der Waals surface area (Å²) in [7, 11) is 0. The summed E-state index contributed by atoms with van der Waals surface area (Å²) >= 11 is 1.64. The molecule has 0 aliphatic carbocycles. The van der Waals surface area contributed by atoms with Gasteiger partial charge in [-0.3, -0.25) is 4.79 Å². The van der Waals surface area contributed by atoms with Crippen LogP contribution < -0.4 is 0 Å². The molecule has 0 spiro atoms. The molecule has 0 atom stereocenters. The third kappa shape index (κ3) is 2.27.